The lowest BCUT2D eigenvalue weighted by Crippen LogP contribution is -2.42. The summed E-state index contributed by atoms with van der Waals surface area (Å²) < 4.78 is 15.9. The van der Waals surface area contributed by atoms with Crippen molar-refractivity contribution in [3.05, 3.63) is 47.4 Å². The average molecular weight is 301 g/mol. The predicted octanol–water partition coefficient (Wildman–Crippen LogP) is 2.88. The summed E-state index contributed by atoms with van der Waals surface area (Å²) in [6.07, 6.45) is 2.30. The van der Waals surface area contributed by atoms with Crippen molar-refractivity contribution in [3.8, 4) is 11.5 Å². The van der Waals surface area contributed by atoms with Crippen molar-refractivity contribution in [1.29, 1.82) is 0 Å². The van der Waals surface area contributed by atoms with Crippen LogP contribution in [-0.2, 0) is 13.0 Å². The van der Waals surface area contributed by atoms with E-state index in [2.05, 4.69) is 0 Å². The van der Waals surface area contributed by atoms with E-state index < -0.39 is 0 Å². The standard InChI is InChI=1S/C17H19NO4/c1-11-7-12-8-15(20-2)16(21-3)9-13(12)10-18(11)17(19)14-5-4-6-22-14/h4-6,8-9,11H,7,10H2,1-3H3. The summed E-state index contributed by atoms with van der Waals surface area (Å²) in [5, 5.41) is 0. The number of ether oxygens (including phenoxy) is 2. The number of benzene rings is 1. The maximum Gasteiger partial charge on any atom is 0.290 e. The quantitative estimate of drug-likeness (QED) is 0.874. The molecule has 1 amide bonds. The molecule has 1 aliphatic heterocycles. The summed E-state index contributed by atoms with van der Waals surface area (Å²) in [7, 11) is 3.24. The van der Waals surface area contributed by atoms with Gasteiger partial charge in [0.2, 0.25) is 0 Å². The van der Waals surface area contributed by atoms with E-state index in [4.69, 9.17) is 13.9 Å². The topological polar surface area (TPSA) is 51.9 Å². The first kappa shape index (κ1) is 14.5. The molecule has 116 valence electrons. The third-order valence-corrected chi connectivity index (χ3v) is 4.09. The third-order valence-electron chi connectivity index (χ3n) is 4.09. The van der Waals surface area contributed by atoms with Gasteiger partial charge in [0, 0.05) is 12.6 Å². The van der Waals surface area contributed by atoms with Gasteiger partial charge >= 0.3 is 0 Å². The molecule has 0 fully saturated rings. The number of methoxy groups -OCH3 is 2. The molecule has 5 nitrogen and oxygen atoms in total. The molecule has 0 saturated carbocycles. The van der Waals surface area contributed by atoms with Gasteiger partial charge in [0.05, 0.1) is 20.5 Å². The molecular formula is C17H19NO4. The second-order valence-corrected chi connectivity index (χ2v) is 5.44. The van der Waals surface area contributed by atoms with Gasteiger partial charge in [0.1, 0.15) is 0 Å². The molecule has 1 aromatic heterocycles. The van der Waals surface area contributed by atoms with E-state index in [-0.39, 0.29) is 11.9 Å². The van der Waals surface area contributed by atoms with Crippen LogP contribution >= 0.6 is 0 Å². The number of hydrogen-bond acceptors (Lipinski definition) is 4. The van der Waals surface area contributed by atoms with Crippen LogP contribution in [0.15, 0.2) is 34.9 Å². The lowest BCUT2D eigenvalue weighted by Gasteiger charge is -2.34. The van der Waals surface area contributed by atoms with Crippen molar-refractivity contribution in [2.75, 3.05) is 14.2 Å². The van der Waals surface area contributed by atoms with Gasteiger partial charge in [0.25, 0.3) is 5.91 Å². The second kappa shape index (κ2) is 5.75. The summed E-state index contributed by atoms with van der Waals surface area (Å²) in [4.78, 5) is 14.4. The fraction of sp³-hybridized carbons (Fsp3) is 0.353. The maximum atomic E-state index is 12.5. The monoisotopic (exact) mass is 301 g/mol. The van der Waals surface area contributed by atoms with E-state index in [1.807, 2.05) is 24.0 Å². The number of furan rings is 1. The smallest absolute Gasteiger partial charge is 0.290 e. The summed E-state index contributed by atoms with van der Waals surface area (Å²) in [5.74, 6) is 1.69. The number of hydrogen-bond donors (Lipinski definition) is 0. The average Bonchev–Trinajstić information content (AvgIpc) is 3.06. The molecule has 1 atom stereocenters. The first-order chi connectivity index (χ1) is 10.6. The van der Waals surface area contributed by atoms with Gasteiger partial charge in [-0.15, -0.1) is 0 Å². The van der Waals surface area contributed by atoms with Crippen LogP contribution in [0.25, 0.3) is 0 Å². The molecule has 5 heteroatoms. The summed E-state index contributed by atoms with van der Waals surface area (Å²) in [5.41, 5.74) is 2.27. The zero-order chi connectivity index (χ0) is 15.7. The van der Waals surface area contributed by atoms with Gasteiger partial charge in [-0.3, -0.25) is 4.79 Å². The van der Waals surface area contributed by atoms with E-state index in [1.54, 1.807) is 26.4 Å². The number of carbonyl (C=O) groups is 1. The normalized spacial score (nSPS) is 17.0. The first-order valence-electron chi connectivity index (χ1n) is 7.22. The zero-order valence-corrected chi connectivity index (χ0v) is 13.0. The van der Waals surface area contributed by atoms with Crippen molar-refractivity contribution in [3.63, 3.8) is 0 Å². The summed E-state index contributed by atoms with van der Waals surface area (Å²) >= 11 is 0. The Morgan fingerprint density at radius 3 is 2.50 bits per heavy atom. The molecule has 3 rings (SSSR count). The van der Waals surface area contributed by atoms with Crippen LogP contribution in [0.5, 0.6) is 11.5 Å². The van der Waals surface area contributed by atoms with Gasteiger partial charge in [-0.2, -0.15) is 0 Å². The molecule has 1 unspecified atom stereocenters. The Morgan fingerprint density at radius 2 is 1.91 bits per heavy atom. The van der Waals surface area contributed by atoms with Crippen LogP contribution in [-0.4, -0.2) is 31.1 Å². The van der Waals surface area contributed by atoms with Crippen molar-refractivity contribution in [2.45, 2.75) is 25.9 Å². The highest BCUT2D eigenvalue weighted by molar-refractivity contribution is 5.91. The number of carbonyl (C=O) groups excluding carboxylic acids is 1. The largest absolute Gasteiger partial charge is 0.493 e. The molecule has 0 aliphatic carbocycles. The van der Waals surface area contributed by atoms with E-state index >= 15 is 0 Å². The van der Waals surface area contributed by atoms with Crippen LogP contribution in [0.3, 0.4) is 0 Å². The SMILES string of the molecule is COc1cc2c(cc1OC)CN(C(=O)c1ccco1)C(C)C2. The first-order valence-corrected chi connectivity index (χ1v) is 7.22. The summed E-state index contributed by atoms with van der Waals surface area (Å²) in [6.45, 7) is 2.58. The van der Waals surface area contributed by atoms with Crippen LogP contribution < -0.4 is 9.47 Å². The number of fused-ring (bicyclic) bond motifs is 1. The minimum absolute atomic E-state index is 0.0852. The van der Waals surface area contributed by atoms with Gasteiger partial charge in [-0.1, -0.05) is 0 Å². The molecule has 2 aromatic rings. The fourth-order valence-corrected chi connectivity index (χ4v) is 2.88. The van der Waals surface area contributed by atoms with Crippen molar-refractivity contribution in [1.82, 2.24) is 4.90 Å². The molecule has 0 bridgehead atoms. The highest BCUT2D eigenvalue weighted by Crippen LogP contribution is 2.35. The zero-order valence-electron chi connectivity index (χ0n) is 13.0. The Labute approximate surface area is 129 Å². The van der Waals surface area contributed by atoms with E-state index in [9.17, 15) is 4.79 Å². The Kier molecular flexibility index (Phi) is 3.79. The van der Waals surface area contributed by atoms with Gasteiger partial charge in [0.15, 0.2) is 17.3 Å². The minimum atomic E-state index is -0.0852. The molecule has 22 heavy (non-hydrogen) atoms. The van der Waals surface area contributed by atoms with E-state index in [0.717, 1.165) is 17.7 Å². The third kappa shape index (κ3) is 2.43. The Balaban J connectivity index is 1.93. The highest BCUT2D eigenvalue weighted by Gasteiger charge is 2.29. The van der Waals surface area contributed by atoms with Crippen molar-refractivity contribution < 1.29 is 18.7 Å². The Morgan fingerprint density at radius 1 is 1.23 bits per heavy atom. The lowest BCUT2D eigenvalue weighted by molar-refractivity contribution is 0.0625. The second-order valence-electron chi connectivity index (χ2n) is 5.44. The molecule has 2 heterocycles. The van der Waals surface area contributed by atoms with Crippen LogP contribution in [0.2, 0.25) is 0 Å². The van der Waals surface area contributed by atoms with Gasteiger partial charge in [-0.05, 0) is 48.7 Å². The van der Waals surface area contributed by atoms with Gasteiger partial charge in [-0.25, -0.2) is 0 Å². The molecule has 0 saturated heterocycles. The molecule has 0 radical (unpaired) electrons. The highest BCUT2D eigenvalue weighted by atomic mass is 16.5. The lowest BCUT2D eigenvalue weighted by atomic mass is 9.94. The fourth-order valence-electron chi connectivity index (χ4n) is 2.88. The van der Waals surface area contributed by atoms with Crippen molar-refractivity contribution >= 4 is 5.91 Å². The van der Waals surface area contributed by atoms with Crippen LogP contribution in [0, 0.1) is 0 Å². The number of nitrogens with zero attached hydrogens (tertiary/aromatic N) is 1. The van der Waals surface area contributed by atoms with Crippen molar-refractivity contribution in [2.24, 2.45) is 0 Å². The Bertz CT molecular complexity index is 678. The Hall–Kier alpha value is -2.43. The van der Waals surface area contributed by atoms with Gasteiger partial charge < -0.3 is 18.8 Å². The van der Waals surface area contributed by atoms with Crippen LogP contribution in [0.4, 0.5) is 0 Å². The molecule has 0 N–H and O–H groups in total. The molecule has 1 aliphatic rings. The number of amides is 1. The number of rotatable bonds is 3. The molecule has 0 spiro atoms. The molecular weight excluding hydrogens is 282 g/mol. The van der Waals surface area contributed by atoms with E-state index in [1.165, 1.54) is 11.8 Å². The summed E-state index contributed by atoms with van der Waals surface area (Å²) in [6, 6.07) is 7.47. The minimum Gasteiger partial charge on any atom is -0.493 e. The molecule has 1 aromatic carbocycles. The predicted molar refractivity (Wildman–Crippen MR) is 81.3 cm³/mol. The van der Waals surface area contributed by atoms with Crippen LogP contribution in [0.1, 0.15) is 28.6 Å². The van der Waals surface area contributed by atoms with E-state index in [0.29, 0.717) is 18.1 Å². The maximum absolute atomic E-state index is 12.5.